The molecule has 1 aliphatic heterocycles. The number of amides is 1. The molecule has 4 heteroatoms. The van der Waals surface area contributed by atoms with E-state index < -0.39 is 0 Å². The number of rotatable bonds is 6. The summed E-state index contributed by atoms with van der Waals surface area (Å²) in [6, 6.07) is 9.83. The lowest BCUT2D eigenvalue weighted by molar-refractivity contribution is -0.139. The van der Waals surface area contributed by atoms with Crippen molar-refractivity contribution in [1.29, 1.82) is 0 Å². The van der Waals surface area contributed by atoms with Crippen molar-refractivity contribution in [2.24, 2.45) is 0 Å². The van der Waals surface area contributed by atoms with E-state index in [1.165, 1.54) is 0 Å². The van der Waals surface area contributed by atoms with E-state index in [0.29, 0.717) is 6.42 Å². The zero-order valence-electron chi connectivity index (χ0n) is 12.1. The van der Waals surface area contributed by atoms with Crippen molar-refractivity contribution in [1.82, 2.24) is 10.2 Å². The lowest BCUT2D eigenvalue weighted by atomic mass is 9.99. The number of aliphatic hydroxyl groups excluding tert-OH is 1. The SMILES string of the molecule is CCNC1CCCN(C(CO)Cc2ccccc2)C1=O. The van der Waals surface area contributed by atoms with Gasteiger partial charge in [0, 0.05) is 6.54 Å². The van der Waals surface area contributed by atoms with Gasteiger partial charge in [0.1, 0.15) is 0 Å². The smallest absolute Gasteiger partial charge is 0.240 e. The van der Waals surface area contributed by atoms with E-state index in [-0.39, 0.29) is 24.6 Å². The van der Waals surface area contributed by atoms with E-state index in [4.69, 9.17) is 0 Å². The zero-order chi connectivity index (χ0) is 14.4. The summed E-state index contributed by atoms with van der Waals surface area (Å²) in [5.41, 5.74) is 1.16. The summed E-state index contributed by atoms with van der Waals surface area (Å²) in [6.07, 6.45) is 2.60. The Morgan fingerprint density at radius 2 is 2.15 bits per heavy atom. The van der Waals surface area contributed by atoms with Crippen molar-refractivity contribution in [2.45, 2.75) is 38.3 Å². The second-order valence-electron chi connectivity index (χ2n) is 5.31. The molecular weight excluding hydrogens is 252 g/mol. The number of likely N-dealkylation sites (N-methyl/N-ethyl adjacent to an activating group) is 1. The Bertz CT molecular complexity index is 420. The maximum atomic E-state index is 12.5. The number of nitrogens with one attached hydrogen (secondary N) is 1. The fraction of sp³-hybridized carbons (Fsp3) is 0.562. The first-order chi connectivity index (χ1) is 9.76. The van der Waals surface area contributed by atoms with Crippen LogP contribution in [0, 0.1) is 0 Å². The Kier molecular flexibility index (Phi) is 5.56. The van der Waals surface area contributed by atoms with Crippen LogP contribution < -0.4 is 5.32 Å². The van der Waals surface area contributed by atoms with E-state index >= 15 is 0 Å². The van der Waals surface area contributed by atoms with E-state index in [0.717, 1.165) is 31.5 Å². The summed E-state index contributed by atoms with van der Waals surface area (Å²) in [5.74, 6) is 0.132. The number of piperidine rings is 1. The number of carbonyl (C=O) groups excluding carboxylic acids is 1. The largest absolute Gasteiger partial charge is 0.394 e. The van der Waals surface area contributed by atoms with Gasteiger partial charge in [-0.15, -0.1) is 0 Å². The second kappa shape index (κ2) is 7.41. The molecule has 2 rings (SSSR count). The van der Waals surface area contributed by atoms with Crippen molar-refractivity contribution in [3.05, 3.63) is 35.9 Å². The topological polar surface area (TPSA) is 52.6 Å². The molecule has 2 atom stereocenters. The summed E-state index contributed by atoms with van der Waals surface area (Å²) in [6.45, 7) is 3.57. The first kappa shape index (κ1) is 15.0. The number of nitrogens with zero attached hydrogens (tertiary/aromatic N) is 1. The standard InChI is InChI=1S/C16H24N2O2/c1-2-17-15-9-6-10-18(16(15)20)14(12-19)11-13-7-4-3-5-8-13/h3-5,7-8,14-15,17,19H,2,6,9-12H2,1H3. The Balaban J connectivity index is 2.04. The maximum Gasteiger partial charge on any atom is 0.240 e. The van der Waals surface area contributed by atoms with Crippen LogP contribution in [-0.4, -0.2) is 47.7 Å². The lowest BCUT2D eigenvalue weighted by Gasteiger charge is -2.37. The minimum absolute atomic E-state index is 0.0134. The average Bonchev–Trinajstić information content (AvgIpc) is 2.49. The molecule has 110 valence electrons. The van der Waals surface area contributed by atoms with Crippen molar-refractivity contribution >= 4 is 5.91 Å². The number of likely N-dealkylation sites (tertiary alicyclic amines) is 1. The quantitative estimate of drug-likeness (QED) is 0.820. The van der Waals surface area contributed by atoms with Crippen LogP contribution in [0.15, 0.2) is 30.3 Å². The van der Waals surface area contributed by atoms with Crippen LogP contribution in [-0.2, 0) is 11.2 Å². The Hall–Kier alpha value is -1.39. The number of benzene rings is 1. The summed E-state index contributed by atoms with van der Waals surface area (Å²) in [4.78, 5) is 14.3. The van der Waals surface area contributed by atoms with Gasteiger partial charge in [-0.25, -0.2) is 0 Å². The third kappa shape index (κ3) is 3.58. The van der Waals surface area contributed by atoms with Crippen LogP contribution in [0.1, 0.15) is 25.3 Å². The van der Waals surface area contributed by atoms with Gasteiger partial charge in [0.15, 0.2) is 0 Å². The lowest BCUT2D eigenvalue weighted by Crippen LogP contribution is -2.55. The van der Waals surface area contributed by atoms with Crippen LogP contribution in [0.25, 0.3) is 0 Å². The van der Waals surface area contributed by atoms with Gasteiger partial charge in [-0.05, 0) is 31.4 Å². The third-order valence-electron chi connectivity index (χ3n) is 3.89. The number of carbonyl (C=O) groups is 1. The minimum Gasteiger partial charge on any atom is -0.394 e. The summed E-state index contributed by atoms with van der Waals surface area (Å²) in [7, 11) is 0. The van der Waals surface area contributed by atoms with Crippen molar-refractivity contribution < 1.29 is 9.90 Å². The highest BCUT2D eigenvalue weighted by Gasteiger charge is 2.32. The number of hydrogen-bond donors (Lipinski definition) is 2. The summed E-state index contributed by atoms with van der Waals surface area (Å²) < 4.78 is 0. The zero-order valence-corrected chi connectivity index (χ0v) is 12.1. The Morgan fingerprint density at radius 1 is 1.40 bits per heavy atom. The van der Waals surface area contributed by atoms with E-state index in [2.05, 4.69) is 5.32 Å². The molecule has 0 aliphatic carbocycles. The fourth-order valence-corrected chi connectivity index (χ4v) is 2.86. The van der Waals surface area contributed by atoms with Crippen LogP contribution in [0.3, 0.4) is 0 Å². The predicted octanol–water partition coefficient (Wildman–Crippen LogP) is 1.19. The molecule has 0 bridgehead atoms. The highest BCUT2D eigenvalue weighted by molar-refractivity contribution is 5.83. The first-order valence-electron chi connectivity index (χ1n) is 7.45. The van der Waals surface area contributed by atoms with Gasteiger partial charge in [-0.1, -0.05) is 37.3 Å². The van der Waals surface area contributed by atoms with Gasteiger partial charge in [0.25, 0.3) is 0 Å². The molecule has 0 aromatic heterocycles. The third-order valence-corrected chi connectivity index (χ3v) is 3.89. The van der Waals surface area contributed by atoms with Gasteiger partial charge < -0.3 is 15.3 Å². The molecule has 0 saturated carbocycles. The fourth-order valence-electron chi connectivity index (χ4n) is 2.86. The molecule has 1 aromatic carbocycles. The predicted molar refractivity (Wildman–Crippen MR) is 79.4 cm³/mol. The molecule has 1 aromatic rings. The summed E-state index contributed by atoms with van der Waals surface area (Å²) in [5, 5.41) is 12.9. The van der Waals surface area contributed by atoms with Crippen LogP contribution in [0.2, 0.25) is 0 Å². The molecule has 1 amide bonds. The molecule has 2 N–H and O–H groups in total. The van der Waals surface area contributed by atoms with Crippen LogP contribution in [0.4, 0.5) is 0 Å². The summed E-state index contributed by atoms with van der Waals surface area (Å²) >= 11 is 0. The number of hydrogen-bond acceptors (Lipinski definition) is 3. The number of aliphatic hydroxyl groups is 1. The monoisotopic (exact) mass is 276 g/mol. The molecule has 1 fully saturated rings. The van der Waals surface area contributed by atoms with Crippen molar-refractivity contribution in [3.63, 3.8) is 0 Å². The van der Waals surface area contributed by atoms with E-state index in [9.17, 15) is 9.90 Å². The molecule has 20 heavy (non-hydrogen) atoms. The highest BCUT2D eigenvalue weighted by atomic mass is 16.3. The minimum atomic E-state index is -0.119. The van der Waals surface area contributed by atoms with Gasteiger partial charge in [-0.3, -0.25) is 4.79 Å². The molecule has 0 radical (unpaired) electrons. The van der Waals surface area contributed by atoms with Gasteiger partial charge >= 0.3 is 0 Å². The molecule has 1 aliphatic rings. The second-order valence-corrected chi connectivity index (χ2v) is 5.31. The van der Waals surface area contributed by atoms with Crippen molar-refractivity contribution in [3.8, 4) is 0 Å². The van der Waals surface area contributed by atoms with Gasteiger partial charge in [0.2, 0.25) is 5.91 Å². The van der Waals surface area contributed by atoms with Crippen LogP contribution >= 0.6 is 0 Å². The Labute approximate surface area is 120 Å². The normalized spacial score (nSPS) is 21.0. The first-order valence-corrected chi connectivity index (χ1v) is 7.45. The average molecular weight is 276 g/mol. The van der Waals surface area contributed by atoms with Crippen LogP contribution in [0.5, 0.6) is 0 Å². The maximum absolute atomic E-state index is 12.5. The van der Waals surface area contributed by atoms with Gasteiger partial charge in [-0.2, -0.15) is 0 Å². The molecular formula is C16H24N2O2. The molecule has 2 unspecified atom stereocenters. The highest BCUT2D eigenvalue weighted by Crippen LogP contribution is 2.17. The molecule has 1 heterocycles. The molecule has 1 saturated heterocycles. The Morgan fingerprint density at radius 3 is 2.80 bits per heavy atom. The van der Waals surface area contributed by atoms with Crippen molar-refractivity contribution in [2.75, 3.05) is 19.7 Å². The van der Waals surface area contributed by atoms with Gasteiger partial charge in [0.05, 0.1) is 18.7 Å². The van der Waals surface area contributed by atoms with E-state index in [1.807, 2.05) is 42.2 Å². The molecule has 0 spiro atoms. The van der Waals surface area contributed by atoms with E-state index in [1.54, 1.807) is 0 Å². The molecule has 4 nitrogen and oxygen atoms in total.